The number of nitrogens with two attached hydrogens (primary N) is 3. The summed E-state index contributed by atoms with van der Waals surface area (Å²) in [5.41, 5.74) is 13.3. The zero-order valence-corrected chi connectivity index (χ0v) is 35.7. The molecule has 0 radical (unpaired) electrons. The van der Waals surface area contributed by atoms with Crippen LogP contribution in [0.5, 0.6) is 17.2 Å². The maximum atomic E-state index is 13.3. The SMILES string of the molecule is COc1cc(NCNc2ccc(S(=O)(=O)O)c3cc(S(=O)(=O)O)cc(O)c23)c(C)cc1NC[NH2+]c1ccc2cc(N[NH2+]C3C(=O)N(c4ccc(C(=O)O)cc4)N=C3C(N)=O)ccc2c1O. The number of carbonyl (C=O) groups is 3. The van der Waals surface area contributed by atoms with E-state index in [0.717, 1.165) is 28.8 Å². The molecule has 2 amide bonds. The molecule has 0 aromatic heterocycles. The van der Waals surface area contributed by atoms with E-state index in [-0.39, 0.29) is 52.5 Å². The highest BCUT2D eigenvalue weighted by Gasteiger charge is 2.43. The van der Waals surface area contributed by atoms with Gasteiger partial charge in [-0.1, -0.05) is 0 Å². The second kappa shape index (κ2) is 17.8. The van der Waals surface area contributed by atoms with Gasteiger partial charge in [-0.25, -0.2) is 15.6 Å². The van der Waals surface area contributed by atoms with Gasteiger partial charge in [-0.2, -0.15) is 26.9 Å². The van der Waals surface area contributed by atoms with Crippen molar-refractivity contribution in [1.29, 1.82) is 0 Å². The van der Waals surface area contributed by atoms with Gasteiger partial charge in [-0.05, 0) is 90.7 Å². The summed E-state index contributed by atoms with van der Waals surface area (Å²) in [4.78, 5) is 35.3. The lowest BCUT2D eigenvalue weighted by Gasteiger charge is -2.18. The van der Waals surface area contributed by atoms with Crippen LogP contribution in [0.25, 0.3) is 21.5 Å². The van der Waals surface area contributed by atoms with Gasteiger partial charge in [0.2, 0.25) is 6.04 Å². The molecule has 1 unspecified atom stereocenters. The van der Waals surface area contributed by atoms with Crippen molar-refractivity contribution in [3.05, 3.63) is 102 Å². The number of phenols is 2. The highest BCUT2D eigenvalue weighted by molar-refractivity contribution is 7.86. The van der Waals surface area contributed by atoms with E-state index in [2.05, 4.69) is 26.5 Å². The van der Waals surface area contributed by atoms with Crippen LogP contribution in [0.4, 0.5) is 34.1 Å². The number of aromatic hydroxyl groups is 2. The molecule has 0 bridgehead atoms. The number of hydrogen-bond donors (Lipinski definition) is 12. The number of phenolic OH excluding ortho intramolecular Hbond substituents is 2. The second-order valence-corrected chi connectivity index (χ2v) is 17.3. The van der Waals surface area contributed by atoms with Crippen LogP contribution in [0.3, 0.4) is 0 Å². The molecule has 1 aliphatic heterocycles. The molecule has 0 spiro atoms. The number of anilines is 5. The Kier molecular flexibility index (Phi) is 12.4. The van der Waals surface area contributed by atoms with Gasteiger partial charge in [0.25, 0.3) is 26.1 Å². The Morgan fingerprint density at radius 1 is 0.846 bits per heavy atom. The molecule has 7 rings (SSSR count). The Morgan fingerprint density at radius 3 is 2.23 bits per heavy atom. The number of rotatable bonds is 17. The van der Waals surface area contributed by atoms with E-state index in [1.54, 1.807) is 41.7 Å². The largest absolute Gasteiger partial charge is 0.507 e. The third kappa shape index (κ3) is 9.47. The first kappa shape index (κ1) is 45.3. The number of carboxylic acid groups (broad SMARTS) is 1. The normalized spacial score (nSPS) is 14.0. The Bertz CT molecular complexity index is 3190. The summed E-state index contributed by atoms with van der Waals surface area (Å²) in [7, 11) is -8.21. The topological polar surface area (TPSA) is 353 Å². The maximum absolute atomic E-state index is 13.3. The number of hydrazone groups is 1. The van der Waals surface area contributed by atoms with Crippen LogP contribution in [0.15, 0.2) is 106 Å². The van der Waals surface area contributed by atoms with Crippen LogP contribution in [-0.4, -0.2) is 91.2 Å². The van der Waals surface area contributed by atoms with E-state index in [0.29, 0.717) is 39.3 Å². The number of aryl methyl sites for hydroxylation is 1. The molecule has 0 saturated heterocycles. The van der Waals surface area contributed by atoms with Gasteiger partial charge in [0.1, 0.15) is 16.4 Å². The van der Waals surface area contributed by atoms with E-state index in [1.165, 1.54) is 42.9 Å². The maximum Gasteiger partial charge on any atom is 0.335 e. The molecule has 65 heavy (non-hydrogen) atoms. The van der Waals surface area contributed by atoms with Gasteiger partial charge in [-0.3, -0.25) is 24.0 Å². The van der Waals surface area contributed by atoms with E-state index in [4.69, 9.17) is 10.5 Å². The van der Waals surface area contributed by atoms with Crippen LogP contribution in [0, 0.1) is 6.92 Å². The summed E-state index contributed by atoms with van der Waals surface area (Å²) in [5.74, 6) is -2.82. The number of fused-ring (bicyclic) bond motifs is 2. The molecule has 1 aliphatic rings. The van der Waals surface area contributed by atoms with Crippen molar-refractivity contribution in [2.75, 3.05) is 46.8 Å². The third-order valence-electron chi connectivity index (χ3n) is 10.3. The number of amides is 2. The highest BCUT2D eigenvalue weighted by atomic mass is 32.2. The minimum absolute atomic E-state index is 0.0100. The quantitative estimate of drug-likeness (QED) is 0.0155. The molecule has 0 fully saturated rings. The zero-order chi connectivity index (χ0) is 47.0. The average Bonchev–Trinajstić information content (AvgIpc) is 3.59. The van der Waals surface area contributed by atoms with Crippen LogP contribution in [0.1, 0.15) is 15.9 Å². The van der Waals surface area contributed by atoms with Crippen molar-refractivity contribution in [3.63, 3.8) is 0 Å². The van der Waals surface area contributed by atoms with E-state index >= 15 is 0 Å². The lowest BCUT2D eigenvalue weighted by molar-refractivity contribution is -0.632. The number of quaternary nitrogens is 2. The number of benzene rings is 6. The van der Waals surface area contributed by atoms with Crippen molar-refractivity contribution in [1.82, 2.24) is 0 Å². The molecule has 24 heteroatoms. The first-order valence-electron chi connectivity index (χ1n) is 19.1. The molecular formula is C41H41N9O13S2+2. The molecule has 338 valence electrons. The monoisotopic (exact) mass is 931 g/mol. The number of nitrogens with zero attached hydrogens (tertiary/aromatic N) is 2. The molecule has 0 saturated carbocycles. The summed E-state index contributed by atoms with van der Waals surface area (Å²) < 4.78 is 72.6. The number of hydrogen-bond acceptors (Lipinski definition) is 15. The number of aromatic carboxylic acids is 1. The minimum atomic E-state index is -4.86. The average molecular weight is 932 g/mol. The smallest absolute Gasteiger partial charge is 0.335 e. The Morgan fingerprint density at radius 2 is 1.57 bits per heavy atom. The van der Waals surface area contributed by atoms with Gasteiger partial charge in [-0.15, -0.1) is 0 Å². The number of nitrogen functional groups attached to an aromatic ring is 1. The Labute approximate surface area is 369 Å². The minimum Gasteiger partial charge on any atom is -0.507 e. The van der Waals surface area contributed by atoms with Gasteiger partial charge in [0.15, 0.2) is 23.8 Å². The number of carbonyl (C=O) groups excluding carboxylic acids is 2. The van der Waals surface area contributed by atoms with Crippen molar-refractivity contribution in [2.24, 2.45) is 10.8 Å². The number of primary amides is 1. The summed E-state index contributed by atoms with van der Waals surface area (Å²) >= 11 is 0. The molecular weight excluding hydrogens is 891 g/mol. The lowest BCUT2D eigenvalue weighted by Crippen LogP contribution is -2.97. The Hall–Kier alpha value is -7.74. The third-order valence-corrected chi connectivity index (χ3v) is 12.1. The predicted octanol–water partition coefficient (Wildman–Crippen LogP) is 1.81. The van der Waals surface area contributed by atoms with E-state index < -0.39 is 59.6 Å². The van der Waals surface area contributed by atoms with E-state index in [1.807, 2.05) is 13.0 Å². The van der Waals surface area contributed by atoms with E-state index in [9.17, 15) is 55.6 Å². The van der Waals surface area contributed by atoms with Crippen LogP contribution >= 0.6 is 0 Å². The zero-order valence-electron chi connectivity index (χ0n) is 34.1. The van der Waals surface area contributed by atoms with Gasteiger partial charge in [0.05, 0.1) is 41.3 Å². The fourth-order valence-corrected chi connectivity index (χ4v) is 8.34. The molecule has 6 aromatic rings. The van der Waals surface area contributed by atoms with Crippen LogP contribution in [-0.2, 0) is 29.8 Å². The summed E-state index contributed by atoms with van der Waals surface area (Å²) in [6, 6.07) is 20.3. The van der Waals surface area contributed by atoms with Gasteiger partial charge >= 0.3 is 11.9 Å². The standard InChI is InChI=1S/C41H39N9O13S2/c1-20-13-31(33(63-2)17-30(20)45-18-43-28-11-12-34(65(60,61)62)27-15-25(64(57,58)59)16-32(51)35(27)28)46-19-44-29-10-5-22-14-23(6-9-26(22)38(29)52)47-48-37-36(39(42)53)49-50(40(37)54)24-7-3-21(4-8-24)41(55)56/h3-17,37,43-48,51-52H,18-19H2,1-2H3,(H2,42,53)(H,55,56)(H,57,58,59)(H,60,61,62)/p+2. The summed E-state index contributed by atoms with van der Waals surface area (Å²) in [5, 5.41) is 48.1. The Balaban J connectivity index is 0.979. The van der Waals surface area contributed by atoms with Crippen molar-refractivity contribution in [2.45, 2.75) is 22.8 Å². The summed E-state index contributed by atoms with van der Waals surface area (Å²) in [6.45, 7) is 2.12. The fraction of sp³-hybridized carbons (Fsp3) is 0.122. The predicted molar refractivity (Wildman–Crippen MR) is 238 cm³/mol. The molecule has 6 aromatic carbocycles. The van der Waals surface area contributed by atoms with Crippen molar-refractivity contribution in [3.8, 4) is 17.2 Å². The molecule has 1 atom stereocenters. The number of nitrogens with one attached hydrogen (secondary N) is 4. The first-order valence-corrected chi connectivity index (χ1v) is 22.0. The molecule has 1 heterocycles. The van der Waals surface area contributed by atoms with Crippen molar-refractivity contribution >= 4 is 99.4 Å². The molecule has 15 N–H and O–H groups in total. The highest BCUT2D eigenvalue weighted by Crippen LogP contribution is 2.39. The second-order valence-electron chi connectivity index (χ2n) is 14.5. The van der Waals surface area contributed by atoms with Gasteiger partial charge < -0.3 is 41.7 Å². The molecule has 0 aliphatic carbocycles. The fourth-order valence-electron chi connectivity index (χ4n) is 7.14. The van der Waals surface area contributed by atoms with Crippen LogP contribution in [0.2, 0.25) is 0 Å². The summed E-state index contributed by atoms with van der Waals surface area (Å²) in [6.07, 6.45) is 0. The number of ether oxygens (including phenoxy) is 1. The van der Waals surface area contributed by atoms with Gasteiger partial charge in [0, 0.05) is 45.7 Å². The number of methoxy groups -OCH3 is 1. The molecule has 22 nitrogen and oxygen atoms in total. The van der Waals surface area contributed by atoms with Crippen molar-refractivity contribution < 1.29 is 71.1 Å². The van der Waals surface area contributed by atoms with Crippen LogP contribution < -0.4 is 47.6 Å². The number of carboxylic acids is 1. The lowest BCUT2D eigenvalue weighted by atomic mass is 10.1. The first-order chi connectivity index (χ1) is 30.7.